The molecule has 1 amide bonds. The van der Waals surface area contributed by atoms with Gasteiger partial charge in [-0.15, -0.1) is 0 Å². The van der Waals surface area contributed by atoms with Gasteiger partial charge in [-0.2, -0.15) is 0 Å². The number of aryl methyl sites for hydroxylation is 1. The van der Waals surface area contributed by atoms with Crippen LogP contribution in [0.2, 0.25) is 0 Å². The number of hydrogen-bond acceptors (Lipinski definition) is 3. The average Bonchev–Trinajstić information content (AvgIpc) is 2.78. The van der Waals surface area contributed by atoms with Gasteiger partial charge >= 0.3 is 5.97 Å². The van der Waals surface area contributed by atoms with Crippen LogP contribution in [-0.4, -0.2) is 22.0 Å². The molecule has 18 heavy (non-hydrogen) atoms. The van der Waals surface area contributed by atoms with Crippen LogP contribution in [0.25, 0.3) is 0 Å². The Kier molecular flexibility index (Phi) is 3.60. The summed E-state index contributed by atoms with van der Waals surface area (Å²) in [7, 11) is 0. The van der Waals surface area contributed by atoms with Gasteiger partial charge in [0.15, 0.2) is 0 Å². The lowest BCUT2D eigenvalue weighted by Gasteiger charge is -2.10. The highest BCUT2D eigenvalue weighted by atomic mass is 16.4. The highest BCUT2D eigenvalue weighted by Crippen LogP contribution is 2.31. The first-order chi connectivity index (χ1) is 8.56. The summed E-state index contributed by atoms with van der Waals surface area (Å²) in [6.07, 6.45) is 1.64. The van der Waals surface area contributed by atoms with Crippen molar-refractivity contribution >= 4 is 17.7 Å². The van der Waals surface area contributed by atoms with Crippen LogP contribution in [0.15, 0.2) is 18.2 Å². The molecule has 5 heteroatoms. The minimum atomic E-state index is -0.806. The zero-order valence-corrected chi connectivity index (χ0v) is 10.2. The Morgan fingerprint density at radius 3 is 2.67 bits per heavy atom. The van der Waals surface area contributed by atoms with Gasteiger partial charge in [-0.05, 0) is 38.3 Å². The standard InChI is InChI=1S/C13H16N2O3/c1-8-3-2-4-11(14-8)15-12(16)9-5-6-10(7-9)13(17)18/h2-4,9-10H,5-7H2,1H3,(H,17,18)(H,14,15,16)/t9-,10-/m1/s1. The van der Waals surface area contributed by atoms with Crippen LogP contribution >= 0.6 is 0 Å². The fraction of sp³-hybridized carbons (Fsp3) is 0.462. The quantitative estimate of drug-likeness (QED) is 0.855. The van der Waals surface area contributed by atoms with E-state index in [0.717, 1.165) is 5.69 Å². The SMILES string of the molecule is Cc1cccc(NC(=O)[C@@H]2CC[C@@H](C(=O)O)C2)n1. The highest BCUT2D eigenvalue weighted by Gasteiger charge is 2.33. The first-order valence-electron chi connectivity index (χ1n) is 6.03. The second-order valence-electron chi connectivity index (χ2n) is 4.70. The van der Waals surface area contributed by atoms with Crippen molar-refractivity contribution < 1.29 is 14.7 Å². The first kappa shape index (κ1) is 12.5. The molecule has 96 valence electrons. The lowest BCUT2D eigenvalue weighted by Crippen LogP contribution is -2.22. The zero-order chi connectivity index (χ0) is 13.1. The fourth-order valence-corrected chi connectivity index (χ4v) is 2.28. The van der Waals surface area contributed by atoms with Crippen molar-refractivity contribution in [2.75, 3.05) is 5.32 Å². The molecule has 5 nitrogen and oxygen atoms in total. The third-order valence-electron chi connectivity index (χ3n) is 3.29. The van der Waals surface area contributed by atoms with Crippen molar-refractivity contribution in [3.8, 4) is 0 Å². The molecule has 1 aromatic heterocycles. The Bertz CT molecular complexity index is 473. The Hall–Kier alpha value is -1.91. The summed E-state index contributed by atoms with van der Waals surface area (Å²) >= 11 is 0. The molecule has 0 spiro atoms. The van der Waals surface area contributed by atoms with Gasteiger partial charge in [-0.1, -0.05) is 6.07 Å². The van der Waals surface area contributed by atoms with Crippen molar-refractivity contribution in [2.24, 2.45) is 11.8 Å². The number of carboxylic acid groups (broad SMARTS) is 1. The normalized spacial score (nSPS) is 22.7. The average molecular weight is 248 g/mol. The van der Waals surface area contributed by atoms with Gasteiger partial charge in [0.05, 0.1) is 5.92 Å². The molecule has 0 bridgehead atoms. The van der Waals surface area contributed by atoms with Crippen molar-refractivity contribution in [1.82, 2.24) is 4.98 Å². The molecule has 2 rings (SSSR count). The second-order valence-corrected chi connectivity index (χ2v) is 4.70. The van der Waals surface area contributed by atoms with E-state index in [9.17, 15) is 9.59 Å². The van der Waals surface area contributed by atoms with Gasteiger partial charge in [0.2, 0.25) is 5.91 Å². The number of pyridine rings is 1. The van der Waals surface area contributed by atoms with Crippen LogP contribution in [-0.2, 0) is 9.59 Å². The Balaban J connectivity index is 1.95. The Morgan fingerprint density at radius 2 is 2.06 bits per heavy atom. The number of nitrogens with one attached hydrogen (secondary N) is 1. The van der Waals surface area contributed by atoms with E-state index in [4.69, 9.17) is 5.11 Å². The van der Waals surface area contributed by atoms with Crippen LogP contribution in [0.4, 0.5) is 5.82 Å². The first-order valence-corrected chi connectivity index (χ1v) is 6.03. The van der Waals surface area contributed by atoms with E-state index in [0.29, 0.717) is 25.1 Å². The van der Waals surface area contributed by atoms with Crippen molar-refractivity contribution in [3.63, 3.8) is 0 Å². The van der Waals surface area contributed by atoms with Crippen LogP contribution in [0, 0.1) is 18.8 Å². The van der Waals surface area contributed by atoms with Gasteiger partial charge in [-0.25, -0.2) is 4.98 Å². The maximum absolute atomic E-state index is 12.0. The molecule has 0 radical (unpaired) electrons. The number of anilines is 1. The summed E-state index contributed by atoms with van der Waals surface area (Å²) in [6, 6.07) is 5.41. The Labute approximate surface area is 105 Å². The minimum Gasteiger partial charge on any atom is -0.481 e. The molecule has 1 aliphatic rings. The maximum Gasteiger partial charge on any atom is 0.306 e. The topological polar surface area (TPSA) is 79.3 Å². The van der Waals surface area contributed by atoms with E-state index >= 15 is 0 Å². The van der Waals surface area contributed by atoms with Crippen LogP contribution in [0.1, 0.15) is 25.0 Å². The Morgan fingerprint density at radius 1 is 1.33 bits per heavy atom. The van der Waals surface area contributed by atoms with Gasteiger partial charge in [0, 0.05) is 11.6 Å². The third-order valence-corrected chi connectivity index (χ3v) is 3.29. The summed E-state index contributed by atoms with van der Waals surface area (Å²) < 4.78 is 0. The number of aliphatic carboxylic acids is 1. The smallest absolute Gasteiger partial charge is 0.306 e. The molecule has 1 fully saturated rings. The highest BCUT2D eigenvalue weighted by molar-refractivity contribution is 5.92. The van der Waals surface area contributed by atoms with E-state index in [-0.39, 0.29) is 17.7 Å². The molecule has 1 heterocycles. The predicted molar refractivity (Wildman–Crippen MR) is 66.1 cm³/mol. The maximum atomic E-state index is 12.0. The van der Waals surface area contributed by atoms with Crippen molar-refractivity contribution in [1.29, 1.82) is 0 Å². The van der Waals surface area contributed by atoms with Gasteiger partial charge in [-0.3, -0.25) is 9.59 Å². The fourth-order valence-electron chi connectivity index (χ4n) is 2.28. The van der Waals surface area contributed by atoms with Crippen LogP contribution in [0.5, 0.6) is 0 Å². The van der Waals surface area contributed by atoms with Gasteiger partial charge in [0.25, 0.3) is 0 Å². The number of rotatable bonds is 3. The molecular weight excluding hydrogens is 232 g/mol. The molecular formula is C13H16N2O3. The largest absolute Gasteiger partial charge is 0.481 e. The molecule has 0 unspecified atom stereocenters. The number of carbonyl (C=O) groups excluding carboxylic acids is 1. The summed E-state index contributed by atoms with van der Waals surface area (Å²) in [5.74, 6) is -1.01. The van der Waals surface area contributed by atoms with E-state index < -0.39 is 5.97 Å². The van der Waals surface area contributed by atoms with Crippen LogP contribution in [0.3, 0.4) is 0 Å². The number of carbonyl (C=O) groups is 2. The third kappa shape index (κ3) is 2.85. The summed E-state index contributed by atoms with van der Waals surface area (Å²) in [4.78, 5) is 27.0. The van der Waals surface area contributed by atoms with Crippen molar-refractivity contribution in [3.05, 3.63) is 23.9 Å². The van der Waals surface area contributed by atoms with Gasteiger partial charge in [0.1, 0.15) is 5.82 Å². The summed E-state index contributed by atoms with van der Waals surface area (Å²) in [6.45, 7) is 1.85. The number of amides is 1. The molecule has 1 aliphatic carbocycles. The molecule has 2 atom stereocenters. The van der Waals surface area contributed by atoms with Gasteiger partial charge < -0.3 is 10.4 Å². The second kappa shape index (κ2) is 5.16. The molecule has 0 aliphatic heterocycles. The van der Waals surface area contributed by atoms with E-state index in [1.165, 1.54) is 0 Å². The zero-order valence-electron chi connectivity index (χ0n) is 10.2. The number of carboxylic acids is 1. The molecule has 0 aromatic carbocycles. The summed E-state index contributed by atoms with van der Waals surface area (Å²) in [5.41, 5.74) is 0.836. The number of aromatic nitrogens is 1. The minimum absolute atomic E-state index is 0.128. The predicted octanol–water partition coefficient (Wildman–Crippen LogP) is 1.83. The lowest BCUT2D eigenvalue weighted by molar-refractivity contribution is -0.141. The number of nitrogens with zero attached hydrogens (tertiary/aromatic N) is 1. The van der Waals surface area contributed by atoms with Crippen molar-refractivity contribution in [2.45, 2.75) is 26.2 Å². The van der Waals surface area contributed by atoms with E-state index in [2.05, 4.69) is 10.3 Å². The van der Waals surface area contributed by atoms with E-state index in [1.807, 2.05) is 19.1 Å². The summed E-state index contributed by atoms with van der Waals surface area (Å²) in [5, 5.41) is 11.6. The lowest BCUT2D eigenvalue weighted by atomic mass is 10.0. The molecule has 0 saturated heterocycles. The van der Waals surface area contributed by atoms with E-state index in [1.54, 1.807) is 6.07 Å². The molecule has 2 N–H and O–H groups in total. The van der Waals surface area contributed by atoms with Crippen LogP contribution < -0.4 is 5.32 Å². The number of hydrogen-bond donors (Lipinski definition) is 2. The monoisotopic (exact) mass is 248 g/mol. The molecule has 1 aromatic rings. The molecule has 1 saturated carbocycles.